The van der Waals surface area contributed by atoms with Crippen molar-refractivity contribution in [1.29, 1.82) is 0 Å². The van der Waals surface area contributed by atoms with Crippen molar-refractivity contribution in [2.24, 2.45) is 45.3 Å². The van der Waals surface area contributed by atoms with Crippen molar-refractivity contribution < 1.29 is 5.11 Å². The number of aliphatic hydroxyl groups excluding tert-OH is 1. The van der Waals surface area contributed by atoms with Crippen molar-refractivity contribution in [3.8, 4) is 0 Å². The van der Waals surface area contributed by atoms with Crippen LogP contribution in [0.5, 0.6) is 0 Å². The highest BCUT2D eigenvalue weighted by Crippen LogP contribution is 2.72. The number of fused-ring (bicyclic) bond motifs is 4. The average molecular weight is 429 g/mol. The average Bonchev–Trinajstić information content (AvgIpc) is 2.96. The number of hydrogen-bond acceptors (Lipinski definition) is 1. The van der Waals surface area contributed by atoms with E-state index in [1.165, 1.54) is 64.2 Å². The molecule has 0 heterocycles. The summed E-state index contributed by atoms with van der Waals surface area (Å²) in [6.45, 7) is 20.0. The number of aliphatic hydroxyl groups is 1. The predicted octanol–water partition coefficient (Wildman–Crippen LogP) is 8.56. The summed E-state index contributed by atoms with van der Waals surface area (Å²) in [6.07, 6.45) is 14.4. The number of allylic oxidation sites excluding steroid dienone is 2. The minimum atomic E-state index is -0.125. The van der Waals surface area contributed by atoms with Crippen molar-refractivity contribution in [2.45, 2.75) is 132 Å². The molecule has 4 aliphatic carbocycles. The molecule has 1 N–H and O–H groups in total. The molecule has 0 bridgehead atoms. The van der Waals surface area contributed by atoms with E-state index in [0.29, 0.717) is 22.2 Å². The first-order valence-corrected chi connectivity index (χ1v) is 13.8. The molecule has 31 heavy (non-hydrogen) atoms. The van der Waals surface area contributed by atoms with E-state index in [9.17, 15) is 5.11 Å². The molecule has 0 aliphatic heterocycles. The first kappa shape index (κ1) is 23.8. The molecule has 0 aromatic carbocycles. The summed E-state index contributed by atoms with van der Waals surface area (Å²) in [4.78, 5) is 0. The Morgan fingerprint density at radius 2 is 1.55 bits per heavy atom. The maximum Gasteiger partial charge on any atom is 0.0594 e. The molecule has 0 aromatic heterocycles. The topological polar surface area (TPSA) is 20.2 Å². The zero-order valence-electron chi connectivity index (χ0n) is 22.1. The van der Waals surface area contributed by atoms with Gasteiger partial charge in [-0.25, -0.2) is 0 Å². The Morgan fingerprint density at radius 3 is 2.23 bits per heavy atom. The summed E-state index contributed by atoms with van der Waals surface area (Å²) in [5, 5.41) is 10.8. The SMILES string of the molecule is CC(C)CCC[C@@H](C)C1CC[C@@]2(C)C3=C(CC[C@]12C)[C@@]1(C)CC[C@H](O)C(C)(C)C1CC3. The van der Waals surface area contributed by atoms with Crippen molar-refractivity contribution in [3.63, 3.8) is 0 Å². The highest BCUT2D eigenvalue weighted by molar-refractivity contribution is 5.38. The van der Waals surface area contributed by atoms with Crippen LogP contribution in [0.4, 0.5) is 0 Å². The Balaban J connectivity index is 1.63. The minimum absolute atomic E-state index is 0.0519. The van der Waals surface area contributed by atoms with Crippen molar-refractivity contribution in [1.82, 2.24) is 0 Å². The van der Waals surface area contributed by atoms with Crippen molar-refractivity contribution >= 4 is 0 Å². The number of rotatable bonds is 5. The van der Waals surface area contributed by atoms with E-state index < -0.39 is 0 Å². The summed E-state index contributed by atoms with van der Waals surface area (Å²) < 4.78 is 0. The fourth-order valence-corrected chi connectivity index (χ4v) is 9.68. The summed E-state index contributed by atoms with van der Waals surface area (Å²) in [6, 6.07) is 0. The summed E-state index contributed by atoms with van der Waals surface area (Å²) in [5.74, 6) is 3.24. The Hall–Kier alpha value is -0.300. The smallest absolute Gasteiger partial charge is 0.0594 e. The van der Waals surface area contributed by atoms with Gasteiger partial charge in [-0.3, -0.25) is 0 Å². The van der Waals surface area contributed by atoms with Crippen LogP contribution in [0.15, 0.2) is 11.1 Å². The molecule has 7 atom stereocenters. The van der Waals surface area contributed by atoms with Gasteiger partial charge >= 0.3 is 0 Å². The molecule has 4 rings (SSSR count). The van der Waals surface area contributed by atoms with Crippen LogP contribution in [-0.4, -0.2) is 11.2 Å². The van der Waals surface area contributed by atoms with Crippen molar-refractivity contribution in [3.05, 3.63) is 11.1 Å². The van der Waals surface area contributed by atoms with Gasteiger partial charge in [-0.1, -0.05) is 85.8 Å². The molecule has 2 saturated carbocycles. The monoisotopic (exact) mass is 428 g/mol. The molecule has 0 aromatic rings. The Bertz CT molecular complexity index is 716. The van der Waals surface area contributed by atoms with Crippen LogP contribution < -0.4 is 0 Å². The quantitative estimate of drug-likeness (QED) is 0.435. The van der Waals surface area contributed by atoms with Crippen LogP contribution in [0.2, 0.25) is 0 Å². The largest absolute Gasteiger partial charge is 0.393 e. The summed E-state index contributed by atoms with van der Waals surface area (Å²) in [5.41, 5.74) is 5.01. The van der Waals surface area contributed by atoms with E-state index in [0.717, 1.165) is 24.2 Å². The van der Waals surface area contributed by atoms with Gasteiger partial charge in [0.15, 0.2) is 0 Å². The molecular formula is C30H52O. The lowest BCUT2D eigenvalue weighted by Gasteiger charge is -2.62. The lowest BCUT2D eigenvalue weighted by molar-refractivity contribution is -0.0962. The molecule has 1 heteroatoms. The fraction of sp³-hybridized carbons (Fsp3) is 0.933. The predicted molar refractivity (Wildman–Crippen MR) is 133 cm³/mol. The lowest BCUT2D eigenvalue weighted by Crippen LogP contribution is -2.55. The Morgan fingerprint density at radius 1 is 0.839 bits per heavy atom. The maximum absolute atomic E-state index is 10.8. The van der Waals surface area contributed by atoms with Gasteiger partial charge in [-0.15, -0.1) is 0 Å². The van der Waals surface area contributed by atoms with Gasteiger partial charge in [-0.2, -0.15) is 0 Å². The van der Waals surface area contributed by atoms with E-state index >= 15 is 0 Å². The molecule has 0 amide bonds. The van der Waals surface area contributed by atoms with Gasteiger partial charge in [0, 0.05) is 0 Å². The second-order valence-electron chi connectivity index (χ2n) is 14.0. The molecular weight excluding hydrogens is 376 g/mol. The van der Waals surface area contributed by atoms with Crippen LogP contribution in [-0.2, 0) is 0 Å². The van der Waals surface area contributed by atoms with Crippen LogP contribution in [0, 0.1) is 45.3 Å². The van der Waals surface area contributed by atoms with Crippen LogP contribution in [0.25, 0.3) is 0 Å². The molecule has 178 valence electrons. The van der Waals surface area contributed by atoms with E-state index in [2.05, 4.69) is 55.4 Å². The van der Waals surface area contributed by atoms with Gasteiger partial charge in [-0.05, 0) is 96.7 Å². The lowest BCUT2D eigenvalue weighted by atomic mass is 9.43. The first-order chi connectivity index (χ1) is 14.4. The third kappa shape index (κ3) is 3.41. The zero-order valence-corrected chi connectivity index (χ0v) is 22.1. The first-order valence-electron chi connectivity index (χ1n) is 13.8. The Kier molecular flexibility index (Phi) is 6.07. The maximum atomic E-state index is 10.8. The second kappa shape index (κ2) is 7.89. The molecule has 2 fully saturated rings. The van der Waals surface area contributed by atoms with Gasteiger partial charge in [0.2, 0.25) is 0 Å². The van der Waals surface area contributed by atoms with E-state index in [1.54, 1.807) is 0 Å². The zero-order chi connectivity index (χ0) is 22.8. The second-order valence-corrected chi connectivity index (χ2v) is 14.0. The standard InChI is InChI=1S/C30H52O/c1-20(2)10-9-11-21(3)22-14-18-30(8)24-12-13-25-27(4,5)26(31)16-17-28(25,6)23(24)15-19-29(22,30)7/h20-22,25-26,31H,9-19H2,1-8H3/t21-,22?,25?,26+,28-,29-,30+/m1/s1. The minimum Gasteiger partial charge on any atom is -0.393 e. The summed E-state index contributed by atoms with van der Waals surface area (Å²) in [7, 11) is 0. The highest BCUT2D eigenvalue weighted by Gasteiger charge is 2.63. The third-order valence-corrected chi connectivity index (χ3v) is 11.9. The van der Waals surface area contributed by atoms with Crippen LogP contribution >= 0.6 is 0 Å². The highest BCUT2D eigenvalue weighted by atomic mass is 16.3. The van der Waals surface area contributed by atoms with Crippen LogP contribution in [0.3, 0.4) is 0 Å². The molecule has 1 nitrogen and oxygen atoms in total. The van der Waals surface area contributed by atoms with E-state index in [1.807, 2.05) is 11.1 Å². The third-order valence-electron chi connectivity index (χ3n) is 11.9. The molecule has 0 radical (unpaired) electrons. The molecule has 0 spiro atoms. The van der Waals surface area contributed by atoms with E-state index in [-0.39, 0.29) is 11.5 Å². The molecule has 2 unspecified atom stereocenters. The van der Waals surface area contributed by atoms with E-state index in [4.69, 9.17) is 0 Å². The van der Waals surface area contributed by atoms with Crippen LogP contribution in [0.1, 0.15) is 126 Å². The molecule has 4 aliphatic rings. The molecule has 0 saturated heterocycles. The fourth-order valence-electron chi connectivity index (χ4n) is 9.68. The van der Waals surface area contributed by atoms with Gasteiger partial charge in [0.05, 0.1) is 6.10 Å². The van der Waals surface area contributed by atoms with Gasteiger partial charge in [0.25, 0.3) is 0 Å². The summed E-state index contributed by atoms with van der Waals surface area (Å²) >= 11 is 0. The Labute approximate surface area is 193 Å². The number of hydrogen-bond donors (Lipinski definition) is 1. The van der Waals surface area contributed by atoms with Crippen molar-refractivity contribution in [2.75, 3.05) is 0 Å². The normalized spacial score (nSPS) is 45.3. The van der Waals surface area contributed by atoms with Gasteiger partial charge < -0.3 is 5.11 Å². The van der Waals surface area contributed by atoms with Gasteiger partial charge in [0.1, 0.15) is 0 Å².